The van der Waals surface area contributed by atoms with Crippen LogP contribution in [0.4, 0.5) is 5.69 Å². The van der Waals surface area contributed by atoms with E-state index in [2.05, 4.69) is 15.0 Å². The van der Waals surface area contributed by atoms with Crippen molar-refractivity contribution in [1.82, 2.24) is 9.71 Å². The minimum absolute atomic E-state index is 0.168. The number of thiazole rings is 1. The van der Waals surface area contributed by atoms with Crippen molar-refractivity contribution in [3.63, 3.8) is 0 Å². The second kappa shape index (κ2) is 10.2. The number of rotatable bonds is 9. The summed E-state index contributed by atoms with van der Waals surface area (Å²) in [7, 11) is -3.58. The van der Waals surface area contributed by atoms with Crippen LogP contribution in [0.2, 0.25) is 0 Å². The fourth-order valence-corrected chi connectivity index (χ4v) is 4.82. The number of amides is 1. The van der Waals surface area contributed by atoms with Crippen molar-refractivity contribution in [2.24, 2.45) is 5.92 Å². The van der Waals surface area contributed by atoms with E-state index in [1.807, 2.05) is 44.4 Å². The third-order valence-electron chi connectivity index (χ3n) is 4.56. The molecule has 0 aliphatic carbocycles. The molecule has 1 aromatic heterocycles. The first-order valence-corrected chi connectivity index (χ1v) is 12.6. The van der Waals surface area contributed by atoms with E-state index in [0.29, 0.717) is 23.5 Å². The molecule has 0 fully saturated rings. The number of carbonyl (C=O) groups excluding carboxylic acids is 1. The minimum atomic E-state index is -3.58. The molecule has 0 saturated heterocycles. The van der Waals surface area contributed by atoms with Gasteiger partial charge in [-0.15, -0.1) is 11.3 Å². The summed E-state index contributed by atoms with van der Waals surface area (Å²) < 4.78 is 33.0. The molecule has 170 valence electrons. The van der Waals surface area contributed by atoms with E-state index < -0.39 is 10.0 Å². The van der Waals surface area contributed by atoms with Gasteiger partial charge in [0.05, 0.1) is 15.6 Å². The number of nitrogens with one attached hydrogen (secondary N) is 2. The quantitative estimate of drug-likeness (QED) is 0.481. The number of benzene rings is 2. The Bertz CT molecular complexity index is 1200. The maximum absolute atomic E-state index is 12.4. The maximum Gasteiger partial charge on any atom is 0.262 e. The van der Waals surface area contributed by atoms with Crippen molar-refractivity contribution >= 4 is 33.0 Å². The number of hydrogen-bond acceptors (Lipinski definition) is 6. The predicted octanol–water partition coefficient (Wildman–Crippen LogP) is 4.38. The van der Waals surface area contributed by atoms with Crippen molar-refractivity contribution in [2.75, 3.05) is 18.5 Å². The van der Waals surface area contributed by atoms with E-state index in [-0.39, 0.29) is 23.3 Å². The lowest BCUT2D eigenvalue weighted by Gasteiger charge is -2.13. The smallest absolute Gasteiger partial charge is 0.262 e. The fraction of sp³-hybridized carbons (Fsp3) is 0.304. The van der Waals surface area contributed by atoms with Crippen LogP contribution in [0.5, 0.6) is 5.75 Å². The average Bonchev–Trinajstić information content (AvgIpc) is 3.18. The molecule has 0 aliphatic rings. The topological polar surface area (TPSA) is 97.4 Å². The molecule has 1 amide bonds. The van der Waals surface area contributed by atoms with Gasteiger partial charge in [0, 0.05) is 23.2 Å². The first-order chi connectivity index (χ1) is 15.1. The molecule has 0 spiro atoms. The SMILES string of the molecule is Cc1nc(-c2cccc(NC(=O)COc3ccc(S(=O)(=O)NCC(C)C)cc3C)c2)cs1. The first kappa shape index (κ1) is 23.9. The molecular formula is C23H27N3O4S2. The molecule has 0 saturated carbocycles. The normalized spacial score (nSPS) is 11.5. The molecule has 0 atom stereocenters. The van der Waals surface area contributed by atoms with Gasteiger partial charge >= 0.3 is 0 Å². The molecule has 0 aliphatic heterocycles. The number of aryl methyl sites for hydroxylation is 2. The van der Waals surface area contributed by atoms with Gasteiger partial charge in [-0.2, -0.15) is 0 Å². The number of sulfonamides is 1. The highest BCUT2D eigenvalue weighted by Gasteiger charge is 2.16. The van der Waals surface area contributed by atoms with E-state index in [9.17, 15) is 13.2 Å². The van der Waals surface area contributed by atoms with Crippen LogP contribution in [0.1, 0.15) is 24.4 Å². The summed E-state index contributed by atoms with van der Waals surface area (Å²) >= 11 is 1.57. The van der Waals surface area contributed by atoms with Crippen LogP contribution in [0, 0.1) is 19.8 Å². The number of nitrogens with zero attached hydrogens (tertiary/aromatic N) is 1. The predicted molar refractivity (Wildman–Crippen MR) is 128 cm³/mol. The van der Waals surface area contributed by atoms with E-state index in [0.717, 1.165) is 16.3 Å². The van der Waals surface area contributed by atoms with Crippen LogP contribution in [-0.2, 0) is 14.8 Å². The molecule has 0 radical (unpaired) electrons. The van der Waals surface area contributed by atoms with Crippen molar-refractivity contribution < 1.29 is 17.9 Å². The van der Waals surface area contributed by atoms with Crippen molar-refractivity contribution in [3.8, 4) is 17.0 Å². The minimum Gasteiger partial charge on any atom is -0.483 e. The number of ether oxygens (including phenoxy) is 1. The van der Waals surface area contributed by atoms with E-state index in [4.69, 9.17) is 4.74 Å². The Labute approximate surface area is 192 Å². The van der Waals surface area contributed by atoms with Gasteiger partial charge < -0.3 is 10.1 Å². The highest BCUT2D eigenvalue weighted by molar-refractivity contribution is 7.89. The fourth-order valence-electron chi connectivity index (χ4n) is 2.90. The highest BCUT2D eigenvalue weighted by atomic mass is 32.2. The third-order valence-corrected chi connectivity index (χ3v) is 6.75. The molecule has 3 aromatic rings. The number of hydrogen-bond donors (Lipinski definition) is 2. The molecule has 1 heterocycles. The zero-order chi connectivity index (χ0) is 23.3. The summed E-state index contributed by atoms with van der Waals surface area (Å²) in [4.78, 5) is 17.0. The highest BCUT2D eigenvalue weighted by Crippen LogP contribution is 2.25. The van der Waals surface area contributed by atoms with Crippen LogP contribution in [0.3, 0.4) is 0 Å². The molecule has 0 unspecified atom stereocenters. The van der Waals surface area contributed by atoms with Gasteiger partial charge in [0.1, 0.15) is 5.75 Å². The zero-order valence-electron chi connectivity index (χ0n) is 18.5. The average molecular weight is 474 g/mol. The van der Waals surface area contributed by atoms with E-state index >= 15 is 0 Å². The Morgan fingerprint density at radius 2 is 1.94 bits per heavy atom. The lowest BCUT2D eigenvalue weighted by atomic mass is 10.1. The van der Waals surface area contributed by atoms with Gasteiger partial charge in [0.25, 0.3) is 5.91 Å². The van der Waals surface area contributed by atoms with Crippen LogP contribution in [0.15, 0.2) is 52.7 Å². The Morgan fingerprint density at radius 3 is 2.59 bits per heavy atom. The van der Waals surface area contributed by atoms with Crippen LogP contribution >= 0.6 is 11.3 Å². The third kappa shape index (κ3) is 6.38. The van der Waals surface area contributed by atoms with Gasteiger partial charge in [-0.25, -0.2) is 18.1 Å². The van der Waals surface area contributed by atoms with Gasteiger partial charge in [-0.3, -0.25) is 4.79 Å². The molecule has 2 N–H and O–H groups in total. The Balaban J connectivity index is 1.60. The summed E-state index contributed by atoms with van der Waals surface area (Å²) in [6, 6.07) is 12.0. The Morgan fingerprint density at radius 1 is 1.16 bits per heavy atom. The second-order valence-electron chi connectivity index (χ2n) is 7.84. The van der Waals surface area contributed by atoms with Gasteiger partial charge in [0.15, 0.2) is 6.61 Å². The van der Waals surface area contributed by atoms with Crippen molar-refractivity contribution in [1.29, 1.82) is 0 Å². The van der Waals surface area contributed by atoms with Gasteiger partial charge in [-0.05, 0) is 55.7 Å². The summed E-state index contributed by atoms with van der Waals surface area (Å²) in [5, 5.41) is 5.77. The largest absolute Gasteiger partial charge is 0.483 e. The Hall–Kier alpha value is -2.75. The Kier molecular flexibility index (Phi) is 7.65. The standard InChI is InChI=1S/C23H27N3O4S2/c1-15(2)12-24-32(28,29)20-8-9-22(16(3)10-20)30-13-23(27)26-19-7-5-6-18(11-19)21-14-31-17(4)25-21/h5-11,14-15,24H,12-13H2,1-4H3,(H,26,27). The van der Waals surface area contributed by atoms with Crippen LogP contribution in [0.25, 0.3) is 11.3 Å². The molecule has 3 rings (SSSR count). The van der Waals surface area contributed by atoms with Gasteiger partial charge in [-0.1, -0.05) is 26.0 Å². The summed E-state index contributed by atoms with van der Waals surface area (Å²) in [5.74, 6) is 0.347. The summed E-state index contributed by atoms with van der Waals surface area (Å²) in [6.07, 6.45) is 0. The first-order valence-electron chi connectivity index (χ1n) is 10.2. The van der Waals surface area contributed by atoms with Crippen LogP contribution in [-0.4, -0.2) is 32.5 Å². The summed E-state index contributed by atoms with van der Waals surface area (Å²) in [6.45, 7) is 7.73. The second-order valence-corrected chi connectivity index (χ2v) is 10.7. The lowest BCUT2D eigenvalue weighted by molar-refractivity contribution is -0.118. The molecule has 7 nitrogen and oxygen atoms in total. The molecule has 32 heavy (non-hydrogen) atoms. The maximum atomic E-state index is 12.4. The molecular weight excluding hydrogens is 446 g/mol. The van der Waals surface area contributed by atoms with Crippen molar-refractivity contribution in [3.05, 3.63) is 58.4 Å². The van der Waals surface area contributed by atoms with Gasteiger partial charge in [0.2, 0.25) is 10.0 Å². The molecule has 0 bridgehead atoms. The number of aromatic nitrogens is 1. The molecule has 2 aromatic carbocycles. The zero-order valence-corrected chi connectivity index (χ0v) is 20.1. The lowest BCUT2D eigenvalue weighted by Crippen LogP contribution is -2.27. The van der Waals surface area contributed by atoms with Crippen molar-refractivity contribution in [2.45, 2.75) is 32.6 Å². The van der Waals surface area contributed by atoms with E-state index in [1.165, 1.54) is 12.1 Å². The number of carbonyl (C=O) groups is 1. The number of anilines is 1. The summed E-state index contributed by atoms with van der Waals surface area (Å²) in [5.41, 5.74) is 3.07. The van der Waals surface area contributed by atoms with E-state index in [1.54, 1.807) is 30.4 Å². The van der Waals surface area contributed by atoms with Crippen LogP contribution < -0.4 is 14.8 Å². The molecule has 9 heteroatoms. The monoisotopic (exact) mass is 473 g/mol.